The Morgan fingerprint density at radius 1 is 1.25 bits per heavy atom. The SMILES string of the molecule is Cc1cc([N+](=O)[O-])ccc1N1CCC(O)(CN2CCNCC2)CC1. The first-order chi connectivity index (χ1) is 11.5. The molecule has 1 aromatic carbocycles. The van der Waals surface area contributed by atoms with Crippen molar-refractivity contribution in [2.24, 2.45) is 0 Å². The second-order valence-electron chi connectivity index (χ2n) is 6.97. The Balaban J connectivity index is 1.61. The summed E-state index contributed by atoms with van der Waals surface area (Å²) in [6.07, 6.45) is 1.46. The van der Waals surface area contributed by atoms with Crippen molar-refractivity contribution in [3.63, 3.8) is 0 Å². The summed E-state index contributed by atoms with van der Waals surface area (Å²) in [4.78, 5) is 15.1. The van der Waals surface area contributed by atoms with Crippen LogP contribution in [0.15, 0.2) is 18.2 Å². The molecule has 0 amide bonds. The number of hydrogen-bond donors (Lipinski definition) is 2. The van der Waals surface area contributed by atoms with Crippen molar-refractivity contribution in [1.29, 1.82) is 0 Å². The molecule has 2 heterocycles. The monoisotopic (exact) mass is 334 g/mol. The largest absolute Gasteiger partial charge is 0.388 e. The van der Waals surface area contributed by atoms with Crippen molar-refractivity contribution in [1.82, 2.24) is 10.2 Å². The number of piperazine rings is 1. The van der Waals surface area contributed by atoms with E-state index in [1.54, 1.807) is 12.1 Å². The smallest absolute Gasteiger partial charge is 0.269 e. The molecule has 132 valence electrons. The number of hydrogen-bond acceptors (Lipinski definition) is 6. The molecular formula is C17H26N4O3. The van der Waals surface area contributed by atoms with Crippen molar-refractivity contribution < 1.29 is 10.0 Å². The fourth-order valence-corrected chi connectivity index (χ4v) is 3.72. The fraction of sp³-hybridized carbons (Fsp3) is 0.647. The zero-order valence-corrected chi connectivity index (χ0v) is 14.2. The molecule has 0 atom stereocenters. The number of nitrogens with one attached hydrogen (secondary N) is 1. The number of anilines is 1. The summed E-state index contributed by atoms with van der Waals surface area (Å²) in [5.41, 5.74) is 1.45. The number of nitro benzene ring substituents is 1. The minimum Gasteiger partial charge on any atom is -0.388 e. The first-order valence-electron chi connectivity index (χ1n) is 8.62. The van der Waals surface area contributed by atoms with Gasteiger partial charge in [-0.15, -0.1) is 0 Å². The van der Waals surface area contributed by atoms with Gasteiger partial charge in [-0.1, -0.05) is 0 Å². The van der Waals surface area contributed by atoms with Crippen LogP contribution in [0.25, 0.3) is 0 Å². The molecule has 2 aliphatic rings. The highest BCUT2D eigenvalue weighted by Crippen LogP contribution is 2.30. The molecule has 7 nitrogen and oxygen atoms in total. The number of aryl methyl sites for hydroxylation is 1. The van der Waals surface area contributed by atoms with Crippen LogP contribution in [0.3, 0.4) is 0 Å². The Bertz CT molecular complexity index is 593. The molecule has 2 aliphatic heterocycles. The number of piperidine rings is 1. The number of non-ortho nitro benzene ring substituents is 1. The van der Waals surface area contributed by atoms with Crippen LogP contribution in [-0.2, 0) is 0 Å². The molecule has 0 bridgehead atoms. The van der Waals surface area contributed by atoms with E-state index in [9.17, 15) is 15.2 Å². The Morgan fingerprint density at radius 3 is 2.50 bits per heavy atom. The second-order valence-corrected chi connectivity index (χ2v) is 6.97. The van der Waals surface area contributed by atoms with Gasteiger partial charge < -0.3 is 15.3 Å². The Labute approximate surface area is 142 Å². The lowest BCUT2D eigenvalue weighted by atomic mass is 9.90. The van der Waals surface area contributed by atoms with E-state index in [0.717, 1.165) is 69.9 Å². The average molecular weight is 334 g/mol. The maximum absolute atomic E-state index is 10.9. The van der Waals surface area contributed by atoms with Gasteiger partial charge in [0.05, 0.1) is 10.5 Å². The van der Waals surface area contributed by atoms with Crippen LogP contribution in [-0.4, -0.2) is 66.3 Å². The first-order valence-corrected chi connectivity index (χ1v) is 8.62. The quantitative estimate of drug-likeness (QED) is 0.635. The zero-order chi connectivity index (χ0) is 17.2. The normalized spacial score (nSPS) is 21.7. The van der Waals surface area contributed by atoms with Gasteiger partial charge in [0.15, 0.2) is 0 Å². The molecule has 2 fully saturated rings. The van der Waals surface area contributed by atoms with E-state index >= 15 is 0 Å². The van der Waals surface area contributed by atoms with Crippen LogP contribution in [0.2, 0.25) is 0 Å². The fourth-order valence-electron chi connectivity index (χ4n) is 3.72. The van der Waals surface area contributed by atoms with Crippen molar-refractivity contribution in [2.75, 3.05) is 50.7 Å². The Hall–Kier alpha value is -1.70. The third-order valence-corrected chi connectivity index (χ3v) is 5.15. The molecule has 0 aromatic heterocycles. The summed E-state index contributed by atoms with van der Waals surface area (Å²) in [5.74, 6) is 0. The summed E-state index contributed by atoms with van der Waals surface area (Å²) in [6, 6.07) is 5.01. The summed E-state index contributed by atoms with van der Waals surface area (Å²) in [6.45, 7) is 8.17. The third kappa shape index (κ3) is 3.85. The Kier molecular flexibility index (Phi) is 5.03. The van der Waals surface area contributed by atoms with Crippen LogP contribution in [0, 0.1) is 17.0 Å². The van der Waals surface area contributed by atoms with E-state index in [1.165, 1.54) is 0 Å². The van der Waals surface area contributed by atoms with Crippen LogP contribution in [0.4, 0.5) is 11.4 Å². The van der Waals surface area contributed by atoms with Crippen LogP contribution in [0.1, 0.15) is 18.4 Å². The molecule has 7 heteroatoms. The minimum absolute atomic E-state index is 0.128. The molecular weight excluding hydrogens is 308 g/mol. The van der Waals surface area contributed by atoms with Gasteiger partial charge in [0.2, 0.25) is 0 Å². The van der Waals surface area contributed by atoms with Crippen molar-refractivity contribution in [3.8, 4) is 0 Å². The van der Waals surface area contributed by atoms with Crippen molar-refractivity contribution in [3.05, 3.63) is 33.9 Å². The highest BCUT2D eigenvalue weighted by atomic mass is 16.6. The van der Waals surface area contributed by atoms with Gasteiger partial charge in [0.1, 0.15) is 0 Å². The van der Waals surface area contributed by atoms with E-state index in [0.29, 0.717) is 0 Å². The Morgan fingerprint density at radius 2 is 1.92 bits per heavy atom. The zero-order valence-electron chi connectivity index (χ0n) is 14.2. The molecule has 0 unspecified atom stereocenters. The molecule has 3 rings (SSSR count). The number of nitro groups is 1. The highest BCUT2D eigenvalue weighted by molar-refractivity contribution is 5.57. The first kappa shape index (κ1) is 17.1. The molecule has 0 aliphatic carbocycles. The second kappa shape index (κ2) is 7.04. The number of rotatable bonds is 4. The molecule has 2 saturated heterocycles. The van der Waals surface area contributed by atoms with Gasteiger partial charge >= 0.3 is 0 Å². The number of nitrogens with zero attached hydrogens (tertiary/aromatic N) is 3. The molecule has 0 radical (unpaired) electrons. The lowest BCUT2D eigenvalue weighted by molar-refractivity contribution is -0.384. The van der Waals surface area contributed by atoms with E-state index in [1.807, 2.05) is 13.0 Å². The van der Waals surface area contributed by atoms with E-state index in [4.69, 9.17) is 0 Å². The molecule has 2 N–H and O–H groups in total. The summed E-state index contributed by atoms with van der Waals surface area (Å²) in [7, 11) is 0. The van der Waals surface area contributed by atoms with Gasteiger partial charge in [-0.25, -0.2) is 0 Å². The maximum atomic E-state index is 10.9. The van der Waals surface area contributed by atoms with Crippen LogP contribution >= 0.6 is 0 Å². The molecule has 0 saturated carbocycles. The van der Waals surface area contributed by atoms with Crippen LogP contribution in [0.5, 0.6) is 0 Å². The molecule has 24 heavy (non-hydrogen) atoms. The maximum Gasteiger partial charge on any atom is 0.269 e. The van der Waals surface area contributed by atoms with E-state index in [2.05, 4.69) is 15.1 Å². The van der Waals surface area contributed by atoms with Crippen LogP contribution < -0.4 is 10.2 Å². The topological polar surface area (TPSA) is 81.9 Å². The summed E-state index contributed by atoms with van der Waals surface area (Å²) in [5, 5.41) is 25.1. The molecule has 0 spiro atoms. The predicted octanol–water partition coefficient (Wildman–Crippen LogP) is 1.14. The standard InChI is InChI=1S/C17H26N4O3/c1-14-12-15(21(23)24)2-3-16(14)20-8-4-17(22,5-9-20)13-19-10-6-18-7-11-19/h2-3,12,18,22H,4-11,13H2,1H3. The predicted molar refractivity (Wildman–Crippen MR) is 93.5 cm³/mol. The highest BCUT2D eigenvalue weighted by Gasteiger charge is 2.34. The van der Waals surface area contributed by atoms with Crippen molar-refractivity contribution in [2.45, 2.75) is 25.4 Å². The number of benzene rings is 1. The lowest BCUT2D eigenvalue weighted by Gasteiger charge is -2.43. The average Bonchev–Trinajstić information content (AvgIpc) is 2.56. The van der Waals surface area contributed by atoms with Gasteiger partial charge in [-0.2, -0.15) is 0 Å². The third-order valence-electron chi connectivity index (χ3n) is 5.15. The molecule has 1 aromatic rings. The van der Waals surface area contributed by atoms with Gasteiger partial charge in [-0.3, -0.25) is 15.0 Å². The van der Waals surface area contributed by atoms with E-state index in [-0.39, 0.29) is 10.6 Å². The van der Waals surface area contributed by atoms with Gasteiger partial charge in [0.25, 0.3) is 5.69 Å². The minimum atomic E-state index is -0.622. The van der Waals surface area contributed by atoms with Crippen molar-refractivity contribution >= 4 is 11.4 Å². The number of aliphatic hydroxyl groups is 1. The van der Waals surface area contributed by atoms with E-state index < -0.39 is 5.60 Å². The summed E-state index contributed by atoms with van der Waals surface area (Å²) >= 11 is 0. The van der Waals surface area contributed by atoms with Gasteiger partial charge in [-0.05, 0) is 31.4 Å². The van der Waals surface area contributed by atoms with Gasteiger partial charge in [0, 0.05) is 63.6 Å². The number of β-amino-alcohol motifs (C(OH)–C–C–N with tert-alkyl or cyclic N) is 1. The summed E-state index contributed by atoms with van der Waals surface area (Å²) < 4.78 is 0. The lowest BCUT2D eigenvalue weighted by Crippen LogP contribution is -2.54.